The molecule has 5 heteroatoms. The zero-order valence-electron chi connectivity index (χ0n) is 13.3. The van der Waals surface area contributed by atoms with Crippen molar-refractivity contribution < 1.29 is 9.53 Å². The summed E-state index contributed by atoms with van der Waals surface area (Å²) < 4.78 is 5.76. The van der Waals surface area contributed by atoms with Crippen LogP contribution in [0.25, 0.3) is 0 Å². The third-order valence-electron chi connectivity index (χ3n) is 4.32. The van der Waals surface area contributed by atoms with E-state index in [1.54, 1.807) is 4.90 Å². The fourth-order valence-corrected chi connectivity index (χ4v) is 3.23. The van der Waals surface area contributed by atoms with Crippen molar-refractivity contribution in [1.29, 1.82) is 0 Å². The van der Waals surface area contributed by atoms with Crippen molar-refractivity contribution >= 4 is 6.03 Å². The Kier molecular flexibility index (Phi) is 4.91. The minimum absolute atomic E-state index is 0.00247. The van der Waals surface area contributed by atoms with E-state index in [9.17, 15) is 4.79 Å². The SMILES string of the molecule is CN(C)C(=O)N1CCC(NC2CCOC(C)(C)C2)CC1. The van der Waals surface area contributed by atoms with Gasteiger partial charge in [-0.15, -0.1) is 0 Å². The zero-order chi connectivity index (χ0) is 14.8. The number of piperidine rings is 1. The number of nitrogens with zero attached hydrogens (tertiary/aromatic N) is 2. The highest BCUT2D eigenvalue weighted by Gasteiger charge is 2.31. The fourth-order valence-electron chi connectivity index (χ4n) is 3.23. The van der Waals surface area contributed by atoms with Crippen LogP contribution in [-0.2, 0) is 4.74 Å². The first-order valence-electron chi connectivity index (χ1n) is 7.73. The van der Waals surface area contributed by atoms with E-state index in [-0.39, 0.29) is 11.6 Å². The van der Waals surface area contributed by atoms with Crippen molar-refractivity contribution in [1.82, 2.24) is 15.1 Å². The number of urea groups is 1. The molecule has 2 rings (SSSR count). The van der Waals surface area contributed by atoms with Crippen molar-refractivity contribution in [2.24, 2.45) is 0 Å². The molecule has 2 aliphatic rings. The fraction of sp³-hybridized carbons (Fsp3) is 0.933. The van der Waals surface area contributed by atoms with Gasteiger partial charge in [0.2, 0.25) is 0 Å². The maximum atomic E-state index is 11.9. The van der Waals surface area contributed by atoms with E-state index in [0.29, 0.717) is 12.1 Å². The van der Waals surface area contributed by atoms with Gasteiger partial charge in [0.1, 0.15) is 0 Å². The molecule has 1 unspecified atom stereocenters. The minimum Gasteiger partial charge on any atom is -0.375 e. The van der Waals surface area contributed by atoms with Crippen molar-refractivity contribution in [3.05, 3.63) is 0 Å². The second kappa shape index (κ2) is 6.31. The van der Waals surface area contributed by atoms with Crippen LogP contribution in [0.15, 0.2) is 0 Å². The Labute approximate surface area is 122 Å². The molecule has 116 valence electrons. The van der Waals surface area contributed by atoms with Gasteiger partial charge in [0, 0.05) is 45.9 Å². The van der Waals surface area contributed by atoms with Crippen molar-refractivity contribution in [2.75, 3.05) is 33.8 Å². The molecule has 2 aliphatic heterocycles. The van der Waals surface area contributed by atoms with Crippen LogP contribution in [0, 0.1) is 0 Å². The molecule has 0 radical (unpaired) electrons. The third-order valence-corrected chi connectivity index (χ3v) is 4.32. The maximum Gasteiger partial charge on any atom is 0.319 e. The summed E-state index contributed by atoms with van der Waals surface area (Å²) in [6, 6.07) is 1.23. The molecule has 20 heavy (non-hydrogen) atoms. The Bertz CT molecular complexity index is 336. The van der Waals surface area contributed by atoms with Gasteiger partial charge in [0.25, 0.3) is 0 Å². The summed E-state index contributed by atoms with van der Waals surface area (Å²) in [6.45, 7) is 6.91. The van der Waals surface area contributed by atoms with Gasteiger partial charge < -0.3 is 19.9 Å². The molecule has 0 saturated carbocycles. The van der Waals surface area contributed by atoms with Gasteiger partial charge in [-0.25, -0.2) is 4.79 Å². The molecule has 0 spiro atoms. The second-order valence-corrected chi connectivity index (χ2v) is 6.90. The average molecular weight is 283 g/mol. The summed E-state index contributed by atoms with van der Waals surface area (Å²) in [6.07, 6.45) is 4.28. The van der Waals surface area contributed by atoms with E-state index in [0.717, 1.165) is 45.4 Å². The molecule has 5 nitrogen and oxygen atoms in total. The predicted octanol–water partition coefficient (Wildman–Crippen LogP) is 1.68. The first-order valence-corrected chi connectivity index (χ1v) is 7.73. The van der Waals surface area contributed by atoms with E-state index in [4.69, 9.17) is 4.74 Å². The summed E-state index contributed by atoms with van der Waals surface area (Å²) in [5, 5.41) is 3.77. The molecule has 1 N–H and O–H groups in total. The molecular weight excluding hydrogens is 254 g/mol. The molecular formula is C15H29N3O2. The lowest BCUT2D eigenvalue weighted by Gasteiger charge is -2.40. The predicted molar refractivity (Wildman–Crippen MR) is 79.9 cm³/mol. The molecule has 2 saturated heterocycles. The highest BCUT2D eigenvalue weighted by atomic mass is 16.5. The van der Waals surface area contributed by atoms with Crippen molar-refractivity contribution in [2.45, 2.75) is 57.2 Å². The van der Waals surface area contributed by atoms with Crippen LogP contribution in [0.3, 0.4) is 0 Å². The van der Waals surface area contributed by atoms with Gasteiger partial charge in [0.05, 0.1) is 5.60 Å². The average Bonchev–Trinajstić information content (AvgIpc) is 2.37. The van der Waals surface area contributed by atoms with E-state index < -0.39 is 0 Å². The Hall–Kier alpha value is -0.810. The van der Waals surface area contributed by atoms with E-state index in [2.05, 4.69) is 19.2 Å². The number of rotatable bonds is 2. The van der Waals surface area contributed by atoms with Gasteiger partial charge in [-0.2, -0.15) is 0 Å². The van der Waals surface area contributed by atoms with Gasteiger partial charge >= 0.3 is 6.03 Å². The number of carbonyl (C=O) groups excluding carboxylic acids is 1. The van der Waals surface area contributed by atoms with E-state index in [1.807, 2.05) is 19.0 Å². The standard InChI is InChI=1S/C15H29N3O2/c1-15(2)11-13(7-10-20-15)16-12-5-8-18(9-6-12)14(19)17(3)4/h12-13,16H,5-11H2,1-4H3. The smallest absolute Gasteiger partial charge is 0.319 e. The number of hydrogen-bond acceptors (Lipinski definition) is 3. The number of amides is 2. The van der Waals surface area contributed by atoms with Gasteiger partial charge in [-0.1, -0.05) is 0 Å². The quantitative estimate of drug-likeness (QED) is 0.838. The van der Waals surface area contributed by atoms with Gasteiger partial charge in [0.15, 0.2) is 0 Å². The molecule has 0 aromatic carbocycles. The number of ether oxygens (including phenoxy) is 1. The Balaban J connectivity index is 1.76. The lowest BCUT2D eigenvalue weighted by Crippen LogP contribution is -2.52. The summed E-state index contributed by atoms with van der Waals surface area (Å²) >= 11 is 0. The van der Waals surface area contributed by atoms with Crippen LogP contribution in [-0.4, -0.2) is 67.3 Å². The highest BCUT2D eigenvalue weighted by molar-refractivity contribution is 5.73. The zero-order valence-corrected chi connectivity index (χ0v) is 13.3. The molecule has 1 atom stereocenters. The molecule has 0 bridgehead atoms. The van der Waals surface area contributed by atoms with Gasteiger partial charge in [-0.05, 0) is 39.5 Å². The number of nitrogens with one attached hydrogen (secondary N) is 1. The van der Waals surface area contributed by atoms with Crippen LogP contribution in [0.4, 0.5) is 4.79 Å². The van der Waals surface area contributed by atoms with E-state index >= 15 is 0 Å². The largest absolute Gasteiger partial charge is 0.375 e. The Morgan fingerprint density at radius 3 is 2.40 bits per heavy atom. The third kappa shape index (κ3) is 4.09. The second-order valence-electron chi connectivity index (χ2n) is 6.90. The van der Waals surface area contributed by atoms with Crippen LogP contribution < -0.4 is 5.32 Å². The molecule has 0 aromatic heterocycles. The lowest BCUT2D eigenvalue weighted by atomic mass is 9.92. The summed E-state index contributed by atoms with van der Waals surface area (Å²) in [4.78, 5) is 15.5. The van der Waals surface area contributed by atoms with Crippen LogP contribution >= 0.6 is 0 Å². The molecule has 0 aliphatic carbocycles. The Morgan fingerprint density at radius 2 is 1.85 bits per heavy atom. The first kappa shape index (κ1) is 15.6. The Morgan fingerprint density at radius 1 is 1.20 bits per heavy atom. The van der Waals surface area contributed by atoms with Crippen LogP contribution in [0.2, 0.25) is 0 Å². The lowest BCUT2D eigenvalue weighted by molar-refractivity contribution is -0.0647. The van der Waals surface area contributed by atoms with Crippen LogP contribution in [0.5, 0.6) is 0 Å². The summed E-state index contributed by atoms with van der Waals surface area (Å²) in [5.41, 5.74) is -0.00247. The van der Waals surface area contributed by atoms with Gasteiger partial charge in [-0.3, -0.25) is 0 Å². The minimum atomic E-state index is -0.00247. The normalized spacial score (nSPS) is 27.4. The molecule has 0 aromatic rings. The van der Waals surface area contributed by atoms with E-state index in [1.165, 1.54) is 0 Å². The van der Waals surface area contributed by atoms with Crippen molar-refractivity contribution in [3.8, 4) is 0 Å². The number of hydrogen-bond donors (Lipinski definition) is 1. The number of carbonyl (C=O) groups is 1. The molecule has 2 heterocycles. The topological polar surface area (TPSA) is 44.8 Å². The molecule has 2 amide bonds. The number of likely N-dealkylation sites (tertiary alicyclic amines) is 1. The van der Waals surface area contributed by atoms with Crippen LogP contribution in [0.1, 0.15) is 39.5 Å². The first-order chi connectivity index (χ1) is 9.37. The summed E-state index contributed by atoms with van der Waals surface area (Å²) in [7, 11) is 3.63. The van der Waals surface area contributed by atoms with Crippen molar-refractivity contribution in [3.63, 3.8) is 0 Å². The molecule has 2 fully saturated rings. The highest BCUT2D eigenvalue weighted by Crippen LogP contribution is 2.25. The maximum absolute atomic E-state index is 11.9. The summed E-state index contributed by atoms with van der Waals surface area (Å²) in [5.74, 6) is 0. The monoisotopic (exact) mass is 283 g/mol.